The molecular weight excluding hydrogens is 540 g/mol. The zero-order valence-corrected chi connectivity index (χ0v) is 23.9. The van der Waals surface area contributed by atoms with E-state index < -0.39 is 26.6 Å². The topological polar surface area (TPSA) is 122 Å². The van der Waals surface area contributed by atoms with Crippen molar-refractivity contribution < 1.29 is 26.7 Å². The number of ether oxygens (including phenoxy) is 1. The van der Waals surface area contributed by atoms with E-state index in [1.54, 1.807) is 18.2 Å². The van der Waals surface area contributed by atoms with Crippen molar-refractivity contribution in [3.8, 4) is 5.75 Å². The first-order valence-electron chi connectivity index (χ1n) is 13.2. The van der Waals surface area contributed by atoms with Gasteiger partial charge in [0.1, 0.15) is 24.0 Å². The van der Waals surface area contributed by atoms with Crippen molar-refractivity contribution in [2.75, 3.05) is 25.4 Å². The van der Waals surface area contributed by atoms with Crippen LogP contribution in [0.15, 0.2) is 41.3 Å². The smallest absolute Gasteiger partial charge is 0.243 e. The van der Waals surface area contributed by atoms with Gasteiger partial charge in [0, 0.05) is 72.8 Å². The third-order valence-electron chi connectivity index (χ3n) is 7.05. The molecule has 0 radical (unpaired) electrons. The Balaban J connectivity index is 1.44. The van der Waals surface area contributed by atoms with Gasteiger partial charge in [0.05, 0.1) is 17.0 Å². The number of aromatic amines is 1. The van der Waals surface area contributed by atoms with Crippen molar-refractivity contribution in [2.45, 2.75) is 64.1 Å². The Kier molecular flexibility index (Phi) is 8.91. The largest absolute Gasteiger partial charge is 0.492 e. The molecule has 216 valence electrons. The molecule has 9 nitrogen and oxygen atoms in total. The Morgan fingerprint density at radius 2 is 1.80 bits per heavy atom. The molecule has 12 heteroatoms. The maximum absolute atomic E-state index is 13.7. The molecule has 40 heavy (non-hydrogen) atoms. The first kappa shape index (κ1) is 29.6. The Labute approximate surface area is 233 Å². The van der Waals surface area contributed by atoms with Crippen LogP contribution in [0.5, 0.6) is 5.75 Å². The lowest BCUT2D eigenvalue weighted by Crippen LogP contribution is -2.39. The van der Waals surface area contributed by atoms with Gasteiger partial charge in [0.25, 0.3) is 0 Å². The first-order valence-corrected chi connectivity index (χ1v) is 14.6. The molecule has 0 spiro atoms. The number of sulfonamides is 1. The van der Waals surface area contributed by atoms with Crippen molar-refractivity contribution in [1.82, 2.24) is 19.4 Å². The summed E-state index contributed by atoms with van der Waals surface area (Å²) in [4.78, 5) is 15.0. The van der Waals surface area contributed by atoms with Gasteiger partial charge in [-0.05, 0) is 52.0 Å². The molecule has 4 rings (SSSR count). The number of nitrogens with two attached hydrogens (primary N) is 1. The van der Waals surface area contributed by atoms with Crippen LogP contribution in [-0.2, 0) is 29.4 Å². The van der Waals surface area contributed by atoms with Gasteiger partial charge in [0.15, 0.2) is 5.78 Å². The van der Waals surface area contributed by atoms with Gasteiger partial charge in [-0.3, -0.25) is 14.8 Å². The van der Waals surface area contributed by atoms with Crippen LogP contribution in [0.4, 0.5) is 14.5 Å². The van der Waals surface area contributed by atoms with Crippen molar-refractivity contribution in [3.05, 3.63) is 70.5 Å². The average Bonchev–Trinajstić information content (AvgIpc) is 3.27. The van der Waals surface area contributed by atoms with Crippen LogP contribution in [0.25, 0.3) is 0 Å². The summed E-state index contributed by atoms with van der Waals surface area (Å²) in [6.45, 7) is 9.79. The minimum Gasteiger partial charge on any atom is -0.492 e. The summed E-state index contributed by atoms with van der Waals surface area (Å²) in [6.07, 6.45) is 0.212. The molecule has 1 aliphatic rings. The minimum atomic E-state index is -4.17. The van der Waals surface area contributed by atoms with Crippen LogP contribution in [0.1, 0.15) is 55.0 Å². The standard InChI is InChI=1S/C28H35F2N5O4S/c1-17(2)35(18(3)4)9-10-39-21-5-6-23(25(31)14-21)28(36)15-27-24-16-34(8-7-26(24)32-33-27)40(37,38)22-12-19(29)11-20(30)13-22/h5-6,11-14,17-18H,7-10,15-16,31H2,1-4H3,(H,32,33). The molecule has 0 atom stereocenters. The molecule has 3 N–H and O–H groups in total. The molecule has 0 saturated heterocycles. The second kappa shape index (κ2) is 12.0. The molecule has 2 aromatic carbocycles. The maximum Gasteiger partial charge on any atom is 0.243 e. The highest BCUT2D eigenvalue weighted by Gasteiger charge is 2.32. The molecule has 3 aromatic rings. The van der Waals surface area contributed by atoms with Gasteiger partial charge >= 0.3 is 0 Å². The number of fused-ring (bicyclic) bond motifs is 1. The molecular formula is C28H35F2N5O4S. The van der Waals surface area contributed by atoms with Crippen molar-refractivity contribution in [1.29, 1.82) is 0 Å². The monoisotopic (exact) mass is 575 g/mol. The van der Waals surface area contributed by atoms with Gasteiger partial charge < -0.3 is 10.5 Å². The number of benzene rings is 2. The minimum absolute atomic E-state index is 0.0824. The second-order valence-corrected chi connectivity index (χ2v) is 12.4. The lowest BCUT2D eigenvalue weighted by molar-refractivity contribution is 0.0992. The van der Waals surface area contributed by atoms with Crippen LogP contribution in [0.2, 0.25) is 0 Å². The number of aromatic nitrogens is 2. The summed E-state index contributed by atoms with van der Waals surface area (Å²) in [5.74, 6) is -1.68. The van der Waals surface area contributed by atoms with E-state index in [1.165, 1.54) is 0 Å². The average molecular weight is 576 g/mol. The van der Waals surface area contributed by atoms with E-state index in [0.717, 1.165) is 23.0 Å². The van der Waals surface area contributed by atoms with Crippen molar-refractivity contribution >= 4 is 21.5 Å². The zero-order chi connectivity index (χ0) is 29.2. The van der Waals surface area contributed by atoms with Crippen LogP contribution < -0.4 is 10.5 Å². The Hall–Kier alpha value is -3.35. The highest BCUT2D eigenvalue weighted by Crippen LogP contribution is 2.28. The molecule has 0 aliphatic carbocycles. The third kappa shape index (κ3) is 6.51. The van der Waals surface area contributed by atoms with E-state index in [4.69, 9.17) is 10.5 Å². The third-order valence-corrected chi connectivity index (χ3v) is 8.88. The van der Waals surface area contributed by atoms with Crippen LogP contribution in [0, 0.1) is 11.6 Å². The number of H-pyrrole nitrogens is 1. The molecule has 2 heterocycles. The summed E-state index contributed by atoms with van der Waals surface area (Å²) < 4.78 is 60.6. The highest BCUT2D eigenvalue weighted by molar-refractivity contribution is 7.89. The predicted molar refractivity (Wildman–Crippen MR) is 148 cm³/mol. The lowest BCUT2D eigenvalue weighted by atomic mass is 10.00. The quantitative estimate of drug-likeness (QED) is 0.262. The number of carbonyl (C=O) groups excluding carboxylic acids is 1. The number of Topliss-reactive ketones (excluding diaryl/α,β-unsaturated/α-hetero) is 1. The van der Waals surface area contributed by atoms with Crippen LogP contribution in [-0.4, -0.2) is 65.4 Å². The number of hydrogen-bond acceptors (Lipinski definition) is 7. The zero-order valence-electron chi connectivity index (χ0n) is 23.1. The number of rotatable bonds is 11. The number of carbonyl (C=O) groups is 1. The number of nitrogens with zero attached hydrogens (tertiary/aromatic N) is 3. The first-order chi connectivity index (χ1) is 18.9. The normalized spacial score (nSPS) is 14.2. The van der Waals surface area contributed by atoms with Gasteiger partial charge in [0.2, 0.25) is 10.0 Å². The van der Waals surface area contributed by atoms with E-state index in [9.17, 15) is 22.0 Å². The van der Waals surface area contributed by atoms with Crippen LogP contribution >= 0.6 is 0 Å². The number of hydrogen-bond donors (Lipinski definition) is 2. The Morgan fingerprint density at radius 3 is 2.42 bits per heavy atom. The fourth-order valence-corrected chi connectivity index (χ4v) is 6.47. The highest BCUT2D eigenvalue weighted by atomic mass is 32.2. The summed E-state index contributed by atoms with van der Waals surface area (Å²) in [5, 5.41) is 7.14. The van der Waals surface area contributed by atoms with E-state index in [2.05, 4.69) is 42.8 Å². The second-order valence-electron chi connectivity index (χ2n) is 10.4. The van der Waals surface area contributed by atoms with Gasteiger partial charge in [-0.2, -0.15) is 9.40 Å². The number of ketones is 1. The molecule has 1 aromatic heterocycles. The maximum atomic E-state index is 13.7. The fraction of sp³-hybridized carbons (Fsp3) is 0.429. The van der Waals surface area contributed by atoms with Gasteiger partial charge in [-0.25, -0.2) is 17.2 Å². The van der Waals surface area contributed by atoms with Crippen LogP contribution in [0.3, 0.4) is 0 Å². The number of nitrogen functional groups attached to an aromatic ring is 1. The summed E-state index contributed by atoms with van der Waals surface area (Å²) >= 11 is 0. The van der Waals surface area contributed by atoms with E-state index >= 15 is 0 Å². The molecule has 0 saturated carbocycles. The summed E-state index contributed by atoms with van der Waals surface area (Å²) in [6, 6.07) is 7.90. The van der Waals surface area contributed by atoms with Crippen molar-refractivity contribution in [2.24, 2.45) is 0 Å². The summed E-state index contributed by atoms with van der Waals surface area (Å²) in [5.41, 5.74) is 8.46. The van der Waals surface area contributed by atoms with E-state index in [-0.39, 0.29) is 31.0 Å². The van der Waals surface area contributed by atoms with E-state index in [1.807, 2.05) is 0 Å². The number of halogens is 2. The molecule has 0 fully saturated rings. The van der Waals surface area contributed by atoms with E-state index in [0.29, 0.717) is 59.4 Å². The molecule has 1 aliphatic heterocycles. The number of nitrogens with one attached hydrogen (secondary N) is 1. The Bertz CT molecular complexity index is 1460. The number of anilines is 1. The van der Waals surface area contributed by atoms with Crippen molar-refractivity contribution in [3.63, 3.8) is 0 Å². The van der Waals surface area contributed by atoms with Gasteiger partial charge in [-0.1, -0.05) is 0 Å². The summed E-state index contributed by atoms with van der Waals surface area (Å²) in [7, 11) is -4.17. The predicted octanol–water partition coefficient (Wildman–Crippen LogP) is 3.94. The van der Waals surface area contributed by atoms with Gasteiger partial charge in [-0.15, -0.1) is 0 Å². The molecule has 0 unspecified atom stereocenters. The molecule has 0 bridgehead atoms. The Morgan fingerprint density at radius 1 is 1.12 bits per heavy atom. The fourth-order valence-electron chi connectivity index (χ4n) is 5.02. The SMILES string of the molecule is CC(C)N(CCOc1ccc(C(=O)Cc2n[nH]c3c2CN(S(=O)(=O)c2cc(F)cc(F)c2)CC3)c(N)c1)C(C)C. The lowest BCUT2D eigenvalue weighted by Gasteiger charge is -2.30. The molecule has 0 amide bonds.